The van der Waals surface area contributed by atoms with Crippen molar-refractivity contribution < 1.29 is 14.5 Å². The van der Waals surface area contributed by atoms with E-state index in [1.807, 2.05) is 0 Å². The van der Waals surface area contributed by atoms with Crippen LogP contribution in [0.15, 0.2) is 12.1 Å². The molecule has 0 saturated carbocycles. The lowest BCUT2D eigenvalue weighted by Gasteiger charge is -2.06. The number of ether oxygens (including phenoxy) is 1. The monoisotopic (exact) mass is 244 g/mol. The topological polar surface area (TPSA) is 95.5 Å². The van der Waals surface area contributed by atoms with Crippen LogP contribution in [0, 0.1) is 10.1 Å². The van der Waals surface area contributed by atoms with E-state index in [0.29, 0.717) is 0 Å². The van der Waals surface area contributed by atoms with Gasteiger partial charge in [0.05, 0.1) is 16.6 Å². The summed E-state index contributed by atoms with van der Waals surface area (Å²) >= 11 is 5.72. The predicted molar refractivity (Wildman–Crippen MR) is 58.5 cm³/mol. The second-order valence-corrected chi connectivity index (χ2v) is 3.24. The van der Waals surface area contributed by atoms with Crippen molar-refractivity contribution in [1.29, 1.82) is 0 Å². The average molecular weight is 245 g/mol. The highest BCUT2D eigenvalue weighted by Crippen LogP contribution is 2.32. The number of nitrogens with zero attached hydrogens (tertiary/aromatic N) is 1. The van der Waals surface area contributed by atoms with Gasteiger partial charge in [0.1, 0.15) is 5.69 Å². The fraction of sp³-hybridized carbons (Fsp3) is 0.222. The molecule has 0 atom stereocenters. The molecule has 0 aliphatic rings. The third-order valence-electron chi connectivity index (χ3n) is 1.82. The Labute approximate surface area is 96.1 Å². The first kappa shape index (κ1) is 12.3. The van der Waals surface area contributed by atoms with Crippen LogP contribution in [0.25, 0.3) is 0 Å². The maximum atomic E-state index is 11.5. The molecule has 1 rings (SSSR count). The molecule has 0 radical (unpaired) electrons. The van der Waals surface area contributed by atoms with E-state index >= 15 is 0 Å². The van der Waals surface area contributed by atoms with Crippen molar-refractivity contribution in [2.75, 3.05) is 12.3 Å². The van der Waals surface area contributed by atoms with Crippen LogP contribution in [0.3, 0.4) is 0 Å². The van der Waals surface area contributed by atoms with Crippen molar-refractivity contribution in [1.82, 2.24) is 0 Å². The second-order valence-electron chi connectivity index (χ2n) is 2.84. The van der Waals surface area contributed by atoms with Gasteiger partial charge in [-0.05, 0) is 19.1 Å². The second kappa shape index (κ2) is 4.80. The van der Waals surface area contributed by atoms with Gasteiger partial charge in [-0.3, -0.25) is 10.1 Å². The molecule has 0 amide bonds. The molecule has 1 aromatic carbocycles. The number of halogens is 1. The molecule has 7 heteroatoms. The number of nitrogen functional groups attached to an aromatic ring is 1. The number of nitro groups is 1. The summed E-state index contributed by atoms with van der Waals surface area (Å²) in [5, 5.41) is 10.7. The van der Waals surface area contributed by atoms with E-state index in [0.717, 1.165) is 0 Å². The van der Waals surface area contributed by atoms with Gasteiger partial charge in [0.2, 0.25) is 0 Å². The van der Waals surface area contributed by atoms with Crippen LogP contribution in [-0.2, 0) is 4.74 Å². The number of carbonyl (C=O) groups excluding carboxylic acids is 1. The van der Waals surface area contributed by atoms with Crippen molar-refractivity contribution in [3.05, 3.63) is 32.8 Å². The summed E-state index contributed by atoms with van der Waals surface area (Å²) in [5.74, 6) is -0.855. The number of nitro benzene ring substituents is 1. The summed E-state index contributed by atoms with van der Waals surface area (Å²) in [4.78, 5) is 21.5. The van der Waals surface area contributed by atoms with Crippen LogP contribution >= 0.6 is 11.6 Å². The SMILES string of the molecule is CCOC(=O)c1c(Cl)ccc(N)c1[N+](=O)[O-]. The molecule has 16 heavy (non-hydrogen) atoms. The minimum absolute atomic E-state index is 0.0562. The fourth-order valence-electron chi connectivity index (χ4n) is 1.18. The molecular formula is C9H9ClN2O4. The number of benzene rings is 1. The van der Waals surface area contributed by atoms with E-state index < -0.39 is 16.6 Å². The summed E-state index contributed by atoms with van der Waals surface area (Å²) in [6, 6.07) is 2.58. The highest BCUT2D eigenvalue weighted by atomic mass is 35.5. The van der Waals surface area contributed by atoms with Gasteiger partial charge < -0.3 is 10.5 Å². The van der Waals surface area contributed by atoms with Gasteiger partial charge in [0.15, 0.2) is 5.56 Å². The number of anilines is 1. The van der Waals surface area contributed by atoms with Crippen molar-refractivity contribution in [2.24, 2.45) is 0 Å². The number of nitrogens with two attached hydrogens (primary N) is 1. The van der Waals surface area contributed by atoms with Crippen LogP contribution in [0.2, 0.25) is 5.02 Å². The normalized spacial score (nSPS) is 9.88. The molecule has 0 aromatic heterocycles. The standard InChI is InChI=1S/C9H9ClN2O4/c1-2-16-9(13)7-5(10)3-4-6(11)8(7)12(14)15/h3-4H,2,11H2,1H3. The quantitative estimate of drug-likeness (QED) is 0.380. The zero-order chi connectivity index (χ0) is 12.3. The zero-order valence-electron chi connectivity index (χ0n) is 8.40. The Morgan fingerprint density at radius 2 is 2.25 bits per heavy atom. The number of esters is 1. The molecule has 0 bridgehead atoms. The maximum Gasteiger partial charge on any atom is 0.346 e. The first-order chi connectivity index (χ1) is 7.49. The van der Waals surface area contributed by atoms with Crippen LogP contribution in [0.5, 0.6) is 0 Å². The van der Waals surface area contributed by atoms with Crippen molar-refractivity contribution in [3.63, 3.8) is 0 Å². The number of rotatable bonds is 3. The molecule has 0 saturated heterocycles. The lowest BCUT2D eigenvalue weighted by atomic mass is 10.1. The fourth-order valence-corrected chi connectivity index (χ4v) is 1.41. The number of hydrogen-bond acceptors (Lipinski definition) is 5. The summed E-state index contributed by atoms with van der Waals surface area (Å²) in [6.07, 6.45) is 0. The predicted octanol–water partition coefficient (Wildman–Crippen LogP) is 2.01. The van der Waals surface area contributed by atoms with Crippen LogP contribution in [0.1, 0.15) is 17.3 Å². The molecule has 0 unspecified atom stereocenters. The van der Waals surface area contributed by atoms with E-state index in [-0.39, 0.29) is 22.9 Å². The molecule has 0 heterocycles. The zero-order valence-corrected chi connectivity index (χ0v) is 9.15. The van der Waals surface area contributed by atoms with E-state index in [9.17, 15) is 14.9 Å². The largest absolute Gasteiger partial charge is 0.462 e. The summed E-state index contributed by atoms with van der Waals surface area (Å²) < 4.78 is 4.67. The average Bonchev–Trinajstić information content (AvgIpc) is 2.20. The van der Waals surface area contributed by atoms with Crippen molar-refractivity contribution in [2.45, 2.75) is 6.92 Å². The van der Waals surface area contributed by atoms with Gasteiger partial charge in [-0.25, -0.2) is 4.79 Å². The molecule has 6 nitrogen and oxygen atoms in total. The van der Waals surface area contributed by atoms with Crippen LogP contribution in [0.4, 0.5) is 11.4 Å². The van der Waals surface area contributed by atoms with Gasteiger partial charge in [0.25, 0.3) is 0 Å². The minimum Gasteiger partial charge on any atom is -0.462 e. The van der Waals surface area contributed by atoms with Gasteiger partial charge in [-0.2, -0.15) is 0 Å². The van der Waals surface area contributed by atoms with E-state index in [1.165, 1.54) is 12.1 Å². The number of carbonyl (C=O) groups is 1. The first-order valence-electron chi connectivity index (χ1n) is 4.38. The summed E-state index contributed by atoms with van der Waals surface area (Å²) in [5.41, 5.74) is 4.46. The Kier molecular flexibility index (Phi) is 3.68. The Morgan fingerprint density at radius 3 is 2.75 bits per heavy atom. The van der Waals surface area contributed by atoms with Gasteiger partial charge in [-0.1, -0.05) is 11.6 Å². The van der Waals surface area contributed by atoms with E-state index in [2.05, 4.69) is 4.74 Å². The Balaban J connectivity index is 3.40. The molecule has 0 aliphatic carbocycles. The molecule has 86 valence electrons. The molecule has 0 fully saturated rings. The highest BCUT2D eigenvalue weighted by molar-refractivity contribution is 6.34. The minimum atomic E-state index is -0.855. The smallest absolute Gasteiger partial charge is 0.346 e. The van der Waals surface area contributed by atoms with Crippen molar-refractivity contribution in [3.8, 4) is 0 Å². The summed E-state index contributed by atoms with van der Waals surface area (Å²) in [6.45, 7) is 1.69. The van der Waals surface area contributed by atoms with E-state index in [4.69, 9.17) is 17.3 Å². The Bertz CT molecular complexity index is 447. The Morgan fingerprint density at radius 1 is 1.62 bits per heavy atom. The third-order valence-corrected chi connectivity index (χ3v) is 2.14. The maximum absolute atomic E-state index is 11.5. The lowest BCUT2D eigenvalue weighted by molar-refractivity contribution is -0.384. The van der Waals surface area contributed by atoms with Gasteiger partial charge in [0, 0.05) is 0 Å². The third kappa shape index (κ3) is 2.22. The molecule has 2 N–H and O–H groups in total. The van der Waals surface area contributed by atoms with Gasteiger partial charge in [-0.15, -0.1) is 0 Å². The van der Waals surface area contributed by atoms with Crippen molar-refractivity contribution >= 4 is 28.9 Å². The summed E-state index contributed by atoms with van der Waals surface area (Å²) in [7, 11) is 0. The molecule has 0 spiro atoms. The van der Waals surface area contributed by atoms with Gasteiger partial charge >= 0.3 is 11.7 Å². The first-order valence-corrected chi connectivity index (χ1v) is 4.76. The lowest BCUT2D eigenvalue weighted by Crippen LogP contribution is -2.10. The highest BCUT2D eigenvalue weighted by Gasteiger charge is 2.27. The van der Waals surface area contributed by atoms with Crippen LogP contribution in [-0.4, -0.2) is 17.5 Å². The molecule has 1 aromatic rings. The molecular weight excluding hydrogens is 236 g/mol. The van der Waals surface area contributed by atoms with Crippen LogP contribution < -0.4 is 5.73 Å². The number of hydrogen-bond donors (Lipinski definition) is 1. The Hall–Kier alpha value is -1.82. The molecule has 0 aliphatic heterocycles. The van der Waals surface area contributed by atoms with E-state index in [1.54, 1.807) is 6.92 Å².